The maximum absolute atomic E-state index is 13.0. The van der Waals surface area contributed by atoms with Gasteiger partial charge in [0.2, 0.25) is 0 Å². The molecule has 4 heteroatoms. The number of ether oxygens (including phenoxy) is 1. The Morgan fingerprint density at radius 3 is 2.36 bits per heavy atom. The predicted octanol–water partition coefficient (Wildman–Crippen LogP) is 3.99. The predicted molar refractivity (Wildman–Crippen MR) is 104 cm³/mol. The Bertz CT molecular complexity index is 393. The molecule has 2 aliphatic rings. The highest BCUT2D eigenvalue weighted by Gasteiger charge is 2.35. The van der Waals surface area contributed by atoms with Gasteiger partial charge in [-0.1, -0.05) is 13.3 Å². The molecule has 0 radical (unpaired) electrons. The number of nitrogens with zero attached hydrogens (tertiary/aromatic N) is 1. The Labute approximate surface area is 155 Å². The molecule has 2 fully saturated rings. The van der Waals surface area contributed by atoms with Crippen LogP contribution < -0.4 is 5.32 Å². The number of carbonyl (C=O) groups excluding carboxylic acids is 1. The third-order valence-electron chi connectivity index (χ3n) is 5.80. The van der Waals surface area contributed by atoms with Crippen LogP contribution in [0.4, 0.5) is 0 Å². The number of hydrogen-bond acceptors (Lipinski definition) is 4. The van der Waals surface area contributed by atoms with Crippen LogP contribution in [-0.2, 0) is 9.53 Å². The summed E-state index contributed by atoms with van der Waals surface area (Å²) >= 11 is 0. The van der Waals surface area contributed by atoms with E-state index in [1.54, 1.807) is 0 Å². The van der Waals surface area contributed by atoms with Gasteiger partial charge in [0.15, 0.2) is 0 Å². The molecule has 1 N–H and O–H groups in total. The van der Waals surface area contributed by atoms with Crippen molar-refractivity contribution < 1.29 is 9.53 Å². The summed E-state index contributed by atoms with van der Waals surface area (Å²) in [7, 11) is 0. The molecule has 2 unspecified atom stereocenters. The zero-order valence-corrected chi connectivity index (χ0v) is 17.0. The van der Waals surface area contributed by atoms with Crippen molar-refractivity contribution in [3.63, 3.8) is 0 Å². The van der Waals surface area contributed by atoms with Crippen LogP contribution in [0.15, 0.2) is 0 Å². The summed E-state index contributed by atoms with van der Waals surface area (Å²) in [4.78, 5) is 15.6. The second-order valence-corrected chi connectivity index (χ2v) is 8.98. The maximum Gasteiger partial charge on any atom is 0.311 e. The van der Waals surface area contributed by atoms with E-state index in [-0.39, 0.29) is 11.9 Å². The molecule has 0 aromatic carbocycles. The average molecular weight is 353 g/mol. The average Bonchev–Trinajstić information content (AvgIpc) is 2.58. The number of nitrogens with one attached hydrogen (secondary N) is 1. The minimum atomic E-state index is -0.399. The molecule has 2 rings (SSSR count). The van der Waals surface area contributed by atoms with Gasteiger partial charge in [-0.15, -0.1) is 0 Å². The van der Waals surface area contributed by atoms with Crippen molar-refractivity contribution in [3.05, 3.63) is 0 Å². The standard InChI is InChI=1S/C21H40N2O2/c1-5-19(23-15-7-6-8-16-23)18(20(24)25-21(2,3)4)10-9-17-11-13-22-14-12-17/h17-19,22H,5-16H2,1-4H3. The fourth-order valence-corrected chi connectivity index (χ4v) is 4.48. The summed E-state index contributed by atoms with van der Waals surface area (Å²) in [6.45, 7) is 12.7. The highest BCUT2D eigenvalue weighted by atomic mass is 16.6. The third kappa shape index (κ3) is 6.90. The molecule has 0 amide bonds. The summed E-state index contributed by atoms with van der Waals surface area (Å²) in [6, 6.07) is 0.344. The van der Waals surface area contributed by atoms with Crippen molar-refractivity contribution in [1.29, 1.82) is 0 Å². The van der Waals surface area contributed by atoms with Gasteiger partial charge in [-0.05, 0) is 97.8 Å². The molecule has 4 nitrogen and oxygen atoms in total. The van der Waals surface area contributed by atoms with Crippen LogP contribution in [-0.4, -0.2) is 48.7 Å². The first kappa shape index (κ1) is 20.7. The van der Waals surface area contributed by atoms with Gasteiger partial charge in [0.05, 0.1) is 5.92 Å². The van der Waals surface area contributed by atoms with Gasteiger partial charge in [-0.25, -0.2) is 0 Å². The summed E-state index contributed by atoms with van der Waals surface area (Å²) in [5.41, 5.74) is -0.399. The van der Waals surface area contributed by atoms with Crippen LogP contribution in [0, 0.1) is 11.8 Å². The Balaban J connectivity index is 2.03. The second-order valence-electron chi connectivity index (χ2n) is 8.98. The number of piperidine rings is 2. The second kappa shape index (κ2) is 9.91. The Morgan fingerprint density at radius 1 is 1.16 bits per heavy atom. The van der Waals surface area contributed by atoms with Crippen molar-refractivity contribution in [3.8, 4) is 0 Å². The first-order chi connectivity index (χ1) is 11.9. The zero-order valence-electron chi connectivity index (χ0n) is 17.0. The van der Waals surface area contributed by atoms with E-state index < -0.39 is 5.60 Å². The topological polar surface area (TPSA) is 41.6 Å². The molecule has 2 saturated heterocycles. The van der Waals surface area contributed by atoms with E-state index in [2.05, 4.69) is 17.1 Å². The molecule has 146 valence electrons. The Morgan fingerprint density at radius 2 is 1.80 bits per heavy atom. The fourth-order valence-electron chi connectivity index (χ4n) is 4.48. The van der Waals surface area contributed by atoms with Crippen LogP contribution in [0.1, 0.15) is 79.1 Å². The van der Waals surface area contributed by atoms with E-state index in [0.29, 0.717) is 6.04 Å². The molecule has 0 aliphatic carbocycles. The molecule has 25 heavy (non-hydrogen) atoms. The zero-order chi connectivity index (χ0) is 18.3. The number of rotatable bonds is 7. The molecule has 0 aromatic heterocycles. The molecule has 0 saturated carbocycles. The summed E-state index contributed by atoms with van der Waals surface area (Å²) < 4.78 is 5.84. The first-order valence-corrected chi connectivity index (χ1v) is 10.6. The first-order valence-electron chi connectivity index (χ1n) is 10.6. The normalized spacial score (nSPS) is 23.2. The molecule has 2 heterocycles. The molecule has 2 atom stereocenters. The third-order valence-corrected chi connectivity index (χ3v) is 5.80. The van der Waals surface area contributed by atoms with E-state index in [9.17, 15) is 4.79 Å². The van der Waals surface area contributed by atoms with Crippen molar-refractivity contribution in [2.75, 3.05) is 26.2 Å². The van der Waals surface area contributed by atoms with Gasteiger partial charge < -0.3 is 10.1 Å². The van der Waals surface area contributed by atoms with E-state index in [4.69, 9.17) is 4.74 Å². The van der Waals surface area contributed by atoms with E-state index in [1.165, 1.54) is 32.1 Å². The van der Waals surface area contributed by atoms with Crippen LogP contribution in [0.2, 0.25) is 0 Å². The largest absolute Gasteiger partial charge is 0.460 e. The van der Waals surface area contributed by atoms with Crippen LogP contribution in [0.25, 0.3) is 0 Å². The van der Waals surface area contributed by atoms with Crippen LogP contribution in [0.3, 0.4) is 0 Å². The monoisotopic (exact) mass is 352 g/mol. The lowest BCUT2D eigenvalue weighted by Crippen LogP contribution is -2.47. The van der Waals surface area contributed by atoms with E-state index in [0.717, 1.165) is 51.4 Å². The van der Waals surface area contributed by atoms with Gasteiger partial charge in [-0.2, -0.15) is 0 Å². The lowest BCUT2D eigenvalue weighted by atomic mass is 9.84. The molecule has 0 bridgehead atoms. The summed E-state index contributed by atoms with van der Waals surface area (Å²) in [5.74, 6) is 0.820. The van der Waals surface area contributed by atoms with Gasteiger partial charge in [-0.3, -0.25) is 9.69 Å². The van der Waals surface area contributed by atoms with Crippen molar-refractivity contribution in [2.24, 2.45) is 11.8 Å². The lowest BCUT2D eigenvalue weighted by Gasteiger charge is -2.39. The quantitative estimate of drug-likeness (QED) is 0.704. The van der Waals surface area contributed by atoms with Gasteiger partial charge >= 0.3 is 5.97 Å². The Hall–Kier alpha value is -0.610. The smallest absolute Gasteiger partial charge is 0.311 e. The van der Waals surface area contributed by atoms with E-state index >= 15 is 0 Å². The summed E-state index contributed by atoms with van der Waals surface area (Å²) in [5, 5.41) is 3.44. The summed E-state index contributed by atoms with van der Waals surface area (Å²) in [6.07, 6.45) is 9.56. The van der Waals surface area contributed by atoms with Crippen LogP contribution >= 0.6 is 0 Å². The minimum Gasteiger partial charge on any atom is -0.460 e. The molecule has 0 aromatic rings. The number of esters is 1. The van der Waals surface area contributed by atoms with Crippen molar-refractivity contribution in [2.45, 2.75) is 90.7 Å². The number of carbonyl (C=O) groups is 1. The van der Waals surface area contributed by atoms with Gasteiger partial charge in [0.25, 0.3) is 0 Å². The molecule has 2 aliphatic heterocycles. The SMILES string of the molecule is CCC(C(CCC1CCNCC1)C(=O)OC(C)(C)C)N1CCCCC1. The molecule has 0 spiro atoms. The van der Waals surface area contributed by atoms with Crippen molar-refractivity contribution in [1.82, 2.24) is 10.2 Å². The fraction of sp³-hybridized carbons (Fsp3) is 0.952. The lowest BCUT2D eigenvalue weighted by molar-refractivity contribution is -0.163. The molecular formula is C21H40N2O2. The van der Waals surface area contributed by atoms with Crippen LogP contribution in [0.5, 0.6) is 0 Å². The van der Waals surface area contributed by atoms with Crippen molar-refractivity contribution >= 4 is 5.97 Å². The molecular weight excluding hydrogens is 312 g/mol. The minimum absolute atomic E-state index is 0.0252. The van der Waals surface area contributed by atoms with Gasteiger partial charge in [0, 0.05) is 6.04 Å². The Kier molecular flexibility index (Phi) is 8.21. The maximum atomic E-state index is 13.0. The highest BCUT2D eigenvalue weighted by Crippen LogP contribution is 2.29. The van der Waals surface area contributed by atoms with Gasteiger partial charge in [0.1, 0.15) is 5.60 Å². The van der Waals surface area contributed by atoms with E-state index in [1.807, 2.05) is 20.8 Å². The highest BCUT2D eigenvalue weighted by molar-refractivity contribution is 5.73. The number of hydrogen-bond donors (Lipinski definition) is 1. The number of likely N-dealkylation sites (tertiary alicyclic amines) is 1.